The van der Waals surface area contributed by atoms with E-state index in [2.05, 4.69) is 39.4 Å². The summed E-state index contributed by atoms with van der Waals surface area (Å²) in [6.45, 7) is 0.419. The van der Waals surface area contributed by atoms with Crippen LogP contribution in [0.1, 0.15) is 110 Å². The normalized spacial score (nSPS) is 24.5. The second-order valence-electron chi connectivity index (χ2n) is 13.9. The van der Waals surface area contributed by atoms with Crippen LogP contribution >= 0.6 is 23.2 Å². The molecule has 5 aliphatic rings. The van der Waals surface area contributed by atoms with E-state index in [4.69, 9.17) is 37.2 Å². The number of hydrogen-bond donors (Lipinski definition) is 1. The highest BCUT2D eigenvalue weighted by Crippen LogP contribution is 2.55. The standard InChI is InChI=1S/C37H37Cl2N3O5/c38-28-19-40-20-29(39)31(28)32-27(33(47-42-32)23-7-8-23)21-45-37-14-11-36(12-15-37,13-16-37)10-9-22-5-6-24-18-30(35(43)44)41-34(26(24)17-22)46-25-3-1-2-4-25/h5-6,9-10,17-20,23,25H,1-4,7-8,11-16,21H2,(H,43,44)/b10-9+. The lowest BCUT2D eigenvalue weighted by molar-refractivity contribution is -0.133. The van der Waals surface area contributed by atoms with Gasteiger partial charge in [-0.3, -0.25) is 4.98 Å². The van der Waals surface area contributed by atoms with Crippen LogP contribution in [0.5, 0.6) is 5.88 Å². The number of carboxylic acid groups (broad SMARTS) is 1. The summed E-state index contributed by atoms with van der Waals surface area (Å²) < 4.78 is 19.0. The highest BCUT2D eigenvalue weighted by atomic mass is 35.5. The van der Waals surface area contributed by atoms with E-state index in [0.717, 1.165) is 105 Å². The highest BCUT2D eigenvalue weighted by molar-refractivity contribution is 6.38. The predicted octanol–water partition coefficient (Wildman–Crippen LogP) is 9.81. The van der Waals surface area contributed by atoms with Gasteiger partial charge >= 0.3 is 5.97 Å². The van der Waals surface area contributed by atoms with Crippen molar-refractivity contribution in [1.29, 1.82) is 0 Å². The number of hydrogen-bond acceptors (Lipinski definition) is 7. The van der Waals surface area contributed by atoms with Crippen molar-refractivity contribution in [1.82, 2.24) is 15.1 Å². The van der Waals surface area contributed by atoms with Crippen LogP contribution in [0, 0.1) is 5.41 Å². The summed E-state index contributed by atoms with van der Waals surface area (Å²) in [5.74, 6) is 0.643. The van der Waals surface area contributed by atoms with Crippen LogP contribution in [0.4, 0.5) is 0 Å². The fourth-order valence-electron chi connectivity index (χ4n) is 7.81. The molecule has 0 unspecified atom stereocenters. The molecule has 9 rings (SSSR count). The molecule has 0 amide bonds. The number of fused-ring (bicyclic) bond motifs is 4. The van der Waals surface area contributed by atoms with Crippen molar-refractivity contribution in [3.05, 3.63) is 75.4 Å². The van der Waals surface area contributed by atoms with Gasteiger partial charge in [0.05, 0.1) is 22.3 Å². The van der Waals surface area contributed by atoms with E-state index in [0.29, 0.717) is 39.7 Å². The fraction of sp³-hybridized carbons (Fsp3) is 0.459. The van der Waals surface area contributed by atoms with Crippen LogP contribution in [-0.2, 0) is 11.3 Å². The molecular weight excluding hydrogens is 637 g/mol. The van der Waals surface area contributed by atoms with E-state index < -0.39 is 5.97 Å². The van der Waals surface area contributed by atoms with Crippen LogP contribution < -0.4 is 4.74 Å². The smallest absolute Gasteiger partial charge is 0.354 e. The molecule has 0 saturated heterocycles. The number of carboxylic acids is 1. The molecule has 5 fully saturated rings. The Morgan fingerprint density at radius 1 is 1.00 bits per heavy atom. The lowest BCUT2D eigenvalue weighted by Crippen LogP contribution is -2.46. The van der Waals surface area contributed by atoms with E-state index in [9.17, 15) is 9.90 Å². The van der Waals surface area contributed by atoms with E-state index in [1.54, 1.807) is 18.5 Å². The molecule has 8 nitrogen and oxygen atoms in total. The quantitative estimate of drug-likeness (QED) is 0.177. The number of aromatic carboxylic acids is 1. The van der Waals surface area contributed by atoms with Gasteiger partial charge in [0, 0.05) is 34.8 Å². The molecule has 0 spiro atoms. The Bertz CT molecular complexity index is 1830. The number of benzene rings is 1. The summed E-state index contributed by atoms with van der Waals surface area (Å²) >= 11 is 13.0. The molecule has 5 saturated carbocycles. The Morgan fingerprint density at radius 3 is 2.40 bits per heavy atom. The largest absolute Gasteiger partial charge is 0.477 e. The third kappa shape index (κ3) is 6.05. The third-order valence-electron chi connectivity index (χ3n) is 10.9. The molecule has 4 aromatic rings. The number of allylic oxidation sites excluding steroid dienone is 1. The minimum atomic E-state index is -1.05. The maximum Gasteiger partial charge on any atom is 0.354 e. The zero-order valence-corrected chi connectivity index (χ0v) is 27.7. The topological polar surface area (TPSA) is 108 Å². The van der Waals surface area contributed by atoms with Gasteiger partial charge in [0.25, 0.3) is 0 Å². The van der Waals surface area contributed by atoms with Gasteiger partial charge in [-0.1, -0.05) is 52.6 Å². The van der Waals surface area contributed by atoms with E-state index in [1.807, 2.05) is 6.07 Å². The van der Waals surface area contributed by atoms with Crippen LogP contribution in [-0.4, -0.2) is 37.9 Å². The Balaban J connectivity index is 0.982. The molecule has 10 heteroatoms. The summed E-state index contributed by atoms with van der Waals surface area (Å²) in [6, 6.07) is 7.74. The van der Waals surface area contributed by atoms with Crippen molar-refractivity contribution in [2.75, 3.05) is 0 Å². The number of halogens is 2. The van der Waals surface area contributed by atoms with E-state index in [-0.39, 0.29) is 22.8 Å². The maximum absolute atomic E-state index is 11.8. The number of nitrogens with zero attached hydrogens (tertiary/aromatic N) is 3. The van der Waals surface area contributed by atoms with Crippen LogP contribution in [0.2, 0.25) is 10.0 Å². The van der Waals surface area contributed by atoms with Crippen LogP contribution in [0.3, 0.4) is 0 Å². The SMILES string of the molecule is O=C(O)c1cc2ccc(/C=C/C34CCC(OCc5c(-c6c(Cl)cncc6Cl)noc5C5CC5)(CC3)CC4)cc2c(OC2CCCC2)n1. The van der Waals surface area contributed by atoms with Crippen molar-refractivity contribution >= 4 is 46.0 Å². The maximum atomic E-state index is 11.8. The minimum absolute atomic E-state index is 0.0109. The molecule has 1 N–H and O–H groups in total. The molecule has 1 aromatic carbocycles. The lowest BCUT2D eigenvalue weighted by atomic mass is 9.58. The Hall–Kier alpha value is -3.46. The fourth-order valence-corrected chi connectivity index (χ4v) is 8.35. The van der Waals surface area contributed by atoms with E-state index >= 15 is 0 Å². The second-order valence-corrected chi connectivity index (χ2v) is 14.7. The second kappa shape index (κ2) is 12.2. The molecule has 5 aliphatic carbocycles. The van der Waals surface area contributed by atoms with Crippen molar-refractivity contribution in [2.24, 2.45) is 5.41 Å². The first-order chi connectivity index (χ1) is 22.8. The van der Waals surface area contributed by atoms with Gasteiger partial charge in [-0.25, -0.2) is 9.78 Å². The zero-order chi connectivity index (χ0) is 32.2. The molecule has 3 heterocycles. The zero-order valence-electron chi connectivity index (χ0n) is 26.1. The van der Waals surface area contributed by atoms with Crippen molar-refractivity contribution in [3.63, 3.8) is 0 Å². The average molecular weight is 675 g/mol. The average Bonchev–Trinajstić information content (AvgIpc) is 3.63. The van der Waals surface area contributed by atoms with Crippen molar-refractivity contribution in [3.8, 4) is 17.1 Å². The predicted molar refractivity (Wildman–Crippen MR) is 180 cm³/mol. The monoisotopic (exact) mass is 673 g/mol. The molecular formula is C37H37Cl2N3O5. The molecule has 0 radical (unpaired) electrons. The number of ether oxygens (including phenoxy) is 2. The molecule has 0 aliphatic heterocycles. The first-order valence-electron chi connectivity index (χ1n) is 16.8. The molecule has 244 valence electrons. The minimum Gasteiger partial charge on any atom is -0.477 e. The van der Waals surface area contributed by atoms with Gasteiger partial charge in [-0.2, -0.15) is 0 Å². The molecule has 0 atom stereocenters. The lowest BCUT2D eigenvalue weighted by Gasteiger charge is -2.52. The number of pyridine rings is 2. The Morgan fingerprint density at radius 2 is 1.72 bits per heavy atom. The summed E-state index contributed by atoms with van der Waals surface area (Å²) in [5, 5.41) is 16.6. The summed E-state index contributed by atoms with van der Waals surface area (Å²) in [4.78, 5) is 20.3. The van der Waals surface area contributed by atoms with Gasteiger partial charge in [0.1, 0.15) is 17.6 Å². The van der Waals surface area contributed by atoms with Crippen molar-refractivity contribution < 1.29 is 23.9 Å². The van der Waals surface area contributed by atoms with Gasteiger partial charge in [-0.05, 0) is 106 Å². The highest BCUT2D eigenvalue weighted by Gasteiger charge is 2.48. The van der Waals surface area contributed by atoms with Gasteiger partial charge in [0.2, 0.25) is 5.88 Å². The Kier molecular flexibility index (Phi) is 8.01. The first-order valence-corrected chi connectivity index (χ1v) is 17.5. The van der Waals surface area contributed by atoms with Gasteiger partial charge in [-0.15, -0.1) is 0 Å². The first kappa shape index (κ1) is 30.8. The molecule has 2 bridgehead atoms. The summed E-state index contributed by atoms with van der Waals surface area (Å²) in [5.41, 5.74) is 3.30. The number of rotatable bonds is 10. The summed E-state index contributed by atoms with van der Waals surface area (Å²) in [7, 11) is 0. The molecule has 47 heavy (non-hydrogen) atoms. The van der Waals surface area contributed by atoms with Crippen LogP contribution in [0.25, 0.3) is 28.1 Å². The van der Waals surface area contributed by atoms with Crippen molar-refractivity contribution in [2.45, 2.75) is 101 Å². The van der Waals surface area contributed by atoms with Gasteiger partial charge in [0.15, 0.2) is 5.69 Å². The molecule has 3 aromatic heterocycles. The summed E-state index contributed by atoms with van der Waals surface area (Å²) in [6.07, 6.45) is 20.4. The number of carbonyl (C=O) groups is 1. The van der Waals surface area contributed by atoms with E-state index in [1.165, 1.54) is 0 Å². The van der Waals surface area contributed by atoms with Crippen LogP contribution in [0.15, 0.2) is 47.3 Å². The Labute approximate surface area is 283 Å². The number of aromatic nitrogens is 3. The third-order valence-corrected chi connectivity index (χ3v) is 11.4. The van der Waals surface area contributed by atoms with Gasteiger partial charge < -0.3 is 19.1 Å².